The van der Waals surface area contributed by atoms with Crippen LogP contribution in [0.5, 0.6) is 0 Å². The van der Waals surface area contributed by atoms with Crippen molar-refractivity contribution in [1.29, 1.82) is 0 Å². The molecule has 0 aliphatic heterocycles. The van der Waals surface area contributed by atoms with Gasteiger partial charge in [0.1, 0.15) is 0 Å². The van der Waals surface area contributed by atoms with Gasteiger partial charge in [-0.1, -0.05) is 6.07 Å². The van der Waals surface area contributed by atoms with E-state index in [2.05, 4.69) is 9.97 Å². The van der Waals surface area contributed by atoms with Crippen molar-refractivity contribution in [3.63, 3.8) is 0 Å². The minimum absolute atomic E-state index is 0.182. The van der Waals surface area contributed by atoms with Gasteiger partial charge in [-0.15, -0.1) is 0 Å². The molecule has 2 rings (SSSR count). The van der Waals surface area contributed by atoms with E-state index in [1.807, 2.05) is 0 Å². The Morgan fingerprint density at radius 3 is 2.59 bits per heavy atom. The Labute approximate surface area is 99.9 Å². The fraction of sp³-hybridized carbons (Fsp3) is 0. The zero-order chi connectivity index (χ0) is 12.3. The molecule has 0 spiro atoms. The van der Waals surface area contributed by atoms with Crippen LogP contribution in [0.1, 0.15) is 0 Å². The van der Waals surface area contributed by atoms with Gasteiger partial charge in [-0.25, -0.2) is 9.97 Å². The van der Waals surface area contributed by atoms with Crippen molar-refractivity contribution >= 4 is 17.4 Å². The van der Waals surface area contributed by atoms with Gasteiger partial charge < -0.3 is 0 Å². The molecule has 2 aromatic rings. The zero-order valence-corrected chi connectivity index (χ0v) is 9.22. The largest absolute Gasteiger partial charge is 0.318 e. The molecule has 1 aromatic heterocycles. The maximum Gasteiger partial charge on any atom is 0.318 e. The van der Waals surface area contributed by atoms with Crippen molar-refractivity contribution < 1.29 is 9.31 Å². The fourth-order valence-electron chi connectivity index (χ4n) is 1.19. The number of para-hydroxylation sites is 1. The maximum absolute atomic E-state index is 13.3. The summed E-state index contributed by atoms with van der Waals surface area (Å²) in [5.41, 5.74) is -0.551. The second kappa shape index (κ2) is 4.88. The Balaban J connectivity index is 2.40. The van der Waals surface area contributed by atoms with E-state index >= 15 is 0 Å². The number of aromatic nitrogens is 2. The Morgan fingerprint density at radius 2 is 1.94 bits per heavy atom. The molecule has 7 heteroatoms. The Kier molecular flexibility index (Phi) is 3.29. The van der Waals surface area contributed by atoms with E-state index in [-0.39, 0.29) is 4.90 Å². The lowest BCUT2D eigenvalue weighted by molar-refractivity contribution is -0.390. The first-order chi connectivity index (χ1) is 8.18. The Bertz CT molecular complexity index is 551. The van der Waals surface area contributed by atoms with Gasteiger partial charge in [0, 0.05) is 12.4 Å². The molecule has 0 radical (unpaired) electrons. The van der Waals surface area contributed by atoms with Gasteiger partial charge in [0.15, 0.2) is 5.16 Å². The van der Waals surface area contributed by atoms with Gasteiger partial charge in [-0.05, 0) is 30.0 Å². The summed E-state index contributed by atoms with van der Waals surface area (Å²) >= 11 is 0.953. The fourth-order valence-corrected chi connectivity index (χ4v) is 2.03. The standard InChI is InChI=1S/C10H6FN3O2S/c11-7-3-1-4-8(9(7)14(15)16)17-10-12-5-2-6-13-10/h1-6H. The first-order valence-corrected chi connectivity index (χ1v) is 5.38. The molecule has 0 unspecified atom stereocenters. The van der Waals surface area contributed by atoms with Crippen LogP contribution < -0.4 is 0 Å². The molecule has 0 amide bonds. The van der Waals surface area contributed by atoms with E-state index in [1.165, 1.54) is 24.5 Å². The number of benzene rings is 1. The molecular formula is C10H6FN3O2S. The summed E-state index contributed by atoms with van der Waals surface area (Å²) in [5, 5.41) is 11.1. The summed E-state index contributed by atoms with van der Waals surface area (Å²) in [7, 11) is 0. The number of hydrogen-bond donors (Lipinski definition) is 0. The van der Waals surface area contributed by atoms with E-state index < -0.39 is 16.4 Å². The minimum Gasteiger partial charge on any atom is -0.258 e. The van der Waals surface area contributed by atoms with E-state index in [4.69, 9.17) is 0 Å². The lowest BCUT2D eigenvalue weighted by Crippen LogP contribution is -1.95. The van der Waals surface area contributed by atoms with Crippen molar-refractivity contribution in [3.05, 3.63) is 52.6 Å². The molecule has 86 valence electrons. The molecule has 0 saturated heterocycles. The highest BCUT2D eigenvalue weighted by Crippen LogP contribution is 2.34. The highest BCUT2D eigenvalue weighted by atomic mass is 32.2. The number of nitro benzene ring substituents is 1. The van der Waals surface area contributed by atoms with Crippen LogP contribution in [0.3, 0.4) is 0 Å². The third-order valence-electron chi connectivity index (χ3n) is 1.88. The monoisotopic (exact) mass is 251 g/mol. The maximum atomic E-state index is 13.3. The Morgan fingerprint density at radius 1 is 1.24 bits per heavy atom. The molecule has 0 aliphatic rings. The molecule has 0 fully saturated rings. The summed E-state index contributed by atoms with van der Waals surface area (Å²) in [5.74, 6) is -0.865. The minimum atomic E-state index is -0.865. The summed E-state index contributed by atoms with van der Waals surface area (Å²) in [6.45, 7) is 0. The third kappa shape index (κ3) is 2.56. The summed E-state index contributed by atoms with van der Waals surface area (Å²) in [6.07, 6.45) is 3.03. The van der Waals surface area contributed by atoms with Crippen molar-refractivity contribution in [3.8, 4) is 0 Å². The smallest absolute Gasteiger partial charge is 0.258 e. The normalized spacial score (nSPS) is 10.2. The molecule has 0 atom stereocenters. The van der Waals surface area contributed by atoms with E-state index in [0.29, 0.717) is 5.16 Å². The highest BCUT2D eigenvalue weighted by molar-refractivity contribution is 7.99. The van der Waals surface area contributed by atoms with Crippen molar-refractivity contribution in [1.82, 2.24) is 9.97 Å². The van der Waals surface area contributed by atoms with Crippen molar-refractivity contribution in [2.75, 3.05) is 0 Å². The quantitative estimate of drug-likeness (QED) is 0.476. The van der Waals surface area contributed by atoms with Crippen LogP contribution in [-0.2, 0) is 0 Å². The molecule has 0 saturated carbocycles. The summed E-state index contributed by atoms with van der Waals surface area (Å²) in [4.78, 5) is 18.0. The van der Waals surface area contributed by atoms with Gasteiger partial charge in [0.25, 0.3) is 0 Å². The third-order valence-corrected chi connectivity index (χ3v) is 2.82. The second-order valence-electron chi connectivity index (χ2n) is 2.98. The first kappa shape index (κ1) is 11.5. The van der Waals surface area contributed by atoms with Gasteiger partial charge >= 0.3 is 5.69 Å². The van der Waals surface area contributed by atoms with Crippen molar-refractivity contribution in [2.45, 2.75) is 10.1 Å². The molecule has 5 nitrogen and oxygen atoms in total. The predicted molar refractivity (Wildman–Crippen MR) is 59.2 cm³/mol. The zero-order valence-electron chi connectivity index (χ0n) is 8.41. The summed E-state index contributed by atoms with van der Waals surface area (Å²) in [6, 6.07) is 5.55. The number of nitrogens with zero attached hydrogens (tertiary/aromatic N) is 3. The van der Waals surface area contributed by atoms with E-state index in [1.54, 1.807) is 6.07 Å². The topological polar surface area (TPSA) is 68.9 Å². The molecular weight excluding hydrogens is 245 g/mol. The molecule has 1 heterocycles. The molecule has 0 bridgehead atoms. The molecule has 0 aliphatic carbocycles. The highest BCUT2D eigenvalue weighted by Gasteiger charge is 2.20. The van der Waals surface area contributed by atoms with Crippen LogP contribution in [0, 0.1) is 15.9 Å². The summed E-state index contributed by atoms with van der Waals surface area (Å²) < 4.78 is 13.3. The number of halogens is 1. The SMILES string of the molecule is O=[N+]([O-])c1c(F)cccc1Sc1ncccn1. The molecule has 0 N–H and O–H groups in total. The number of hydrogen-bond acceptors (Lipinski definition) is 5. The predicted octanol–water partition coefficient (Wildman–Crippen LogP) is 2.68. The van der Waals surface area contributed by atoms with E-state index in [9.17, 15) is 14.5 Å². The van der Waals surface area contributed by atoms with Gasteiger partial charge in [-0.3, -0.25) is 10.1 Å². The van der Waals surface area contributed by atoms with Crippen LogP contribution in [0.25, 0.3) is 0 Å². The van der Waals surface area contributed by atoms with Crippen LogP contribution in [0.15, 0.2) is 46.7 Å². The van der Waals surface area contributed by atoms with Gasteiger partial charge in [0.05, 0.1) is 9.82 Å². The average Bonchev–Trinajstić information content (AvgIpc) is 2.30. The van der Waals surface area contributed by atoms with Crippen molar-refractivity contribution in [2.24, 2.45) is 0 Å². The number of nitro groups is 1. The van der Waals surface area contributed by atoms with E-state index in [0.717, 1.165) is 17.8 Å². The lowest BCUT2D eigenvalue weighted by atomic mass is 10.3. The van der Waals surface area contributed by atoms with Crippen LogP contribution >= 0.6 is 11.8 Å². The van der Waals surface area contributed by atoms with Crippen LogP contribution in [0.4, 0.5) is 10.1 Å². The second-order valence-corrected chi connectivity index (χ2v) is 3.99. The van der Waals surface area contributed by atoms with Crippen LogP contribution in [-0.4, -0.2) is 14.9 Å². The first-order valence-electron chi connectivity index (χ1n) is 4.56. The Hall–Kier alpha value is -2.02. The average molecular weight is 251 g/mol. The van der Waals surface area contributed by atoms with Crippen LogP contribution in [0.2, 0.25) is 0 Å². The number of rotatable bonds is 3. The lowest BCUT2D eigenvalue weighted by Gasteiger charge is -2.01. The molecule has 17 heavy (non-hydrogen) atoms. The van der Waals surface area contributed by atoms with Gasteiger partial charge in [-0.2, -0.15) is 4.39 Å². The molecule has 1 aromatic carbocycles. The van der Waals surface area contributed by atoms with Gasteiger partial charge in [0.2, 0.25) is 5.82 Å².